The van der Waals surface area contributed by atoms with Crippen molar-refractivity contribution in [1.29, 1.82) is 0 Å². The number of hydrogen-bond acceptors (Lipinski definition) is 3. The Hall–Kier alpha value is -0.690. The summed E-state index contributed by atoms with van der Waals surface area (Å²) in [7, 11) is 0. The van der Waals surface area contributed by atoms with Gasteiger partial charge in [0.15, 0.2) is 0 Å². The molecule has 0 radical (unpaired) electrons. The van der Waals surface area contributed by atoms with Gasteiger partial charge in [0.25, 0.3) is 0 Å². The van der Waals surface area contributed by atoms with Gasteiger partial charge in [-0.05, 0) is 29.2 Å². The van der Waals surface area contributed by atoms with E-state index in [9.17, 15) is 18.0 Å². The number of halogens is 3. The number of carbonyl (C=O) groups is 1. The first-order valence-electron chi connectivity index (χ1n) is 5.03. The molecule has 7 heteroatoms. The van der Waals surface area contributed by atoms with Crippen LogP contribution in [0.5, 0.6) is 0 Å². The van der Waals surface area contributed by atoms with Crippen LogP contribution in [0.4, 0.5) is 13.2 Å². The first-order chi connectivity index (χ1) is 7.98. The molecule has 2 rings (SSSR count). The number of alkyl halides is 3. The summed E-state index contributed by atoms with van der Waals surface area (Å²) in [6.07, 6.45) is -3.99. The van der Waals surface area contributed by atoms with Crippen LogP contribution in [-0.2, 0) is 4.79 Å². The number of rotatable bonds is 2. The van der Waals surface area contributed by atoms with E-state index in [1.807, 2.05) is 16.8 Å². The van der Waals surface area contributed by atoms with Crippen molar-refractivity contribution in [2.45, 2.75) is 22.7 Å². The Morgan fingerprint density at radius 3 is 3.00 bits per heavy atom. The summed E-state index contributed by atoms with van der Waals surface area (Å²) in [6.45, 7) is 0.0582. The van der Waals surface area contributed by atoms with Crippen LogP contribution in [0.1, 0.15) is 17.9 Å². The number of thiophene rings is 1. The molecule has 0 aliphatic carbocycles. The van der Waals surface area contributed by atoms with Crippen molar-refractivity contribution in [2.75, 3.05) is 12.3 Å². The van der Waals surface area contributed by atoms with Gasteiger partial charge in [-0.25, -0.2) is 0 Å². The predicted octanol–water partition coefficient (Wildman–Crippen LogP) is 3.01. The molecule has 2 nitrogen and oxygen atoms in total. The standard InChI is InChI=1S/C10H10F3NOS2/c11-10(12,13)9(15)14-5-6-1-3-16-8-7(6)2-4-17-8/h2,4,6H,1,3,5H2,(H,14,15). The lowest BCUT2D eigenvalue weighted by Gasteiger charge is -2.22. The average Bonchev–Trinajstić information content (AvgIpc) is 2.72. The Balaban J connectivity index is 1.96. The highest BCUT2D eigenvalue weighted by Gasteiger charge is 2.38. The molecule has 1 N–H and O–H groups in total. The lowest BCUT2D eigenvalue weighted by molar-refractivity contribution is -0.173. The SMILES string of the molecule is O=C(NCC1CCSc2sccc21)C(F)(F)F. The van der Waals surface area contributed by atoms with Gasteiger partial charge in [-0.2, -0.15) is 13.2 Å². The summed E-state index contributed by atoms with van der Waals surface area (Å²) in [5, 5.41) is 3.89. The van der Waals surface area contributed by atoms with Crippen molar-refractivity contribution in [2.24, 2.45) is 0 Å². The fraction of sp³-hybridized carbons (Fsp3) is 0.500. The second-order valence-corrected chi connectivity index (χ2v) is 5.98. The van der Waals surface area contributed by atoms with E-state index in [1.165, 1.54) is 0 Å². The van der Waals surface area contributed by atoms with Gasteiger partial charge < -0.3 is 5.32 Å². The zero-order chi connectivity index (χ0) is 12.5. The number of nitrogens with one attached hydrogen (secondary N) is 1. The maximum Gasteiger partial charge on any atom is 0.471 e. The maximum absolute atomic E-state index is 12.0. The van der Waals surface area contributed by atoms with Gasteiger partial charge in [-0.15, -0.1) is 23.1 Å². The van der Waals surface area contributed by atoms with Crippen molar-refractivity contribution in [3.63, 3.8) is 0 Å². The molecular weight excluding hydrogens is 271 g/mol. The van der Waals surface area contributed by atoms with Gasteiger partial charge in [0, 0.05) is 12.5 Å². The molecule has 0 fully saturated rings. The van der Waals surface area contributed by atoms with Gasteiger partial charge in [-0.3, -0.25) is 4.79 Å². The minimum absolute atomic E-state index is 0.00352. The molecule has 1 aromatic heterocycles. The quantitative estimate of drug-likeness (QED) is 0.903. The van der Waals surface area contributed by atoms with Crippen LogP contribution in [0.3, 0.4) is 0 Å². The van der Waals surface area contributed by atoms with Crippen LogP contribution in [0, 0.1) is 0 Å². The van der Waals surface area contributed by atoms with E-state index >= 15 is 0 Å². The number of hydrogen-bond donors (Lipinski definition) is 1. The highest BCUT2D eigenvalue weighted by atomic mass is 32.2. The van der Waals surface area contributed by atoms with Crippen LogP contribution in [0.25, 0.3) is 0 Å². The number of carbonyl (C=O) groups excluding carboxylic acids is 1. The Morgan fingerprint density at radius 2 is 2.29 bits per heavy atom. The number of thioether (sulfide) groups is 1. The summed E-state index contributed by atoms with van der Waals surface area (Å²) in [4.78, 5) is 10.7. The topological polar surface area (TPSA) is 29.1 Å². The van der Waals surface area contributed by atoms with Crippen molar-refractivity contribution in [1.82, 2.24) is 5.32 Å². The third-order valence-electron chi connectivity index (χ3n) is 2.56. The second-order valence-electron chi connectivity index (χ2n) is 3.71. The first kappa shape index (κ1) is 12.8. The lowest BCUT2D eigenvalue weighted by Crippen LogP contribution is -2.39. The number of amides is 1. The number of fused-ring (bicyclic) bond motifs is 1. The van der Waals surface area contributed by atoms with E-state index in [1.54, 1.807) is 23.1 Å². The molecule has 1 aromatic rings. The van der Waals surface area contributed by atoms with Crippen LogP contribution < -0.4 is 5.32 Å². The van der Waals surface area contributed by atoms with Gasteiger partial charge in [-0.1, -0.05) is 0 Å². The van der Waals surface area contributed by atoms with Crippen LogP contribution >= 0.6 is 23.1 Å². The van der Waals surface area contributed by atoms with Crippen molar-refractivity contribution in [3.8, 4) is 0 Å². The molecule has 17 heavy (non-hydrogen) atoms. The van der Waals surface area contributed by atoms with Crippen molar-refractivity contribution < 1.29 is 18.0 Å². The van der Waals surface area contributed by atoms with Gasteiger partial charge in [0.2, 0.25) is 0 Å². The smallest absolute Gasteiger partial charge is 0.348 e. The van der Waals surface area contributed by atoms with Crippen LogP contribution in [0.15, 0.2) is 15.7 Å². The zero-order valence-corrected chi connectivity index (χ0v) is 10.3. The largest absolute Gasteiger partial charge is 0.471 e. The second kappa shape index (κ2) is 4.89. The summed E-state index contributed by atoms with van der Waals surface area (Å²) in [5.74, 6) is -0.962. The molecule has 1 aliphatic rings. The Kier molecular flexibility index (Phi) is 3.67. The van der Waals surface area contributed by atoms with E-state index < -0.39 is 12.1 Å². The van der Waals surface area contributed by atoms with Crippen molar-refractivity contribution in [3.05, 3.63) is 17.0 Å². The van der Waals surface area contributed by atoms with Gasteiger partial charge in [0.05, 0.1) is 4.21 Å². The maximum atomic E-state index is 12.0. The summed E-state index contributed by atoms with van der Waals surface area (Å²) in [6, 6.07) is 1.93. The van der Waals surface area contributed by atoms with Gasteiger partial charge in [0.1, 0.15) is 0 Å². The highest BCUT2D eigenvalue weighted by Crippen LogP contribution is 2.40. The van der Waals surface area contributed by atoms with E-state index in [4.69, 9.17) is 0 Å². The van der Waals surface area contributed by atoms with Crippen LogP contribution in [0.2, 0.25) is 0 Å². The minimum atomic E-state index is -4.79. The minimum Gasteiger partial charge on any atom is -0.348 e. The van der Waals surface area contributed by atoms with E-state index in [0.717, 1.165) is 21.9 Å². The summed E-state index contributed by atoms with van der Waals surface area (Å²) in [5.41, 5.74) is 1.06. The molecule has 0 aromatic carbocycles. The fourth-order valence-electron chi connectivity index (χ4n) is 1.70. The Morgan fingerprint density at radius 1 is 1.53 bits per heavy atom. The van der Waals surface area contributed by atoms with Crippen molar-refractivity contribution >= 4 is 29.0 Å². The molecule has 2 heterocycles. The molecule has 0 saturated carbocycles. The molecule has 1 aliphatic heterocycles. The molecule has 1 atom stereocenters. The highest BCUT2D eigenvalue weighted by molar-refractivity contribution is 8.01. The molecule has 1 amide bonds. The molecule has 0 saturated heterocycles. The monoisotopic (exact) mass is 281 g/mol. The molecule has 0 spiro atoms. The first-order valence-corrected chi connectivity index (χ1v) is 6.90. The fourth-order valence-corrected chi connectivity index (χ4v) is 4.09. The summed E-state index contributed by atoms with van der Waals surface area (Å²) >= 11 is 3.32. The Bertz CT molecular complexity index is 416. The van der Waals surface area contributed by atoms with Gasteiger partial charge >= 0.3 is 12.1 Å². The van der Waals surface area contributed by atoms with E-state index in [-0.39, 0.29) is 12.5 Å². The van der Waals surface area contributed by atoms with E-state index in [2.05, 4.69) is 0 Å². The van der Waals surface area contributed by atoms with E-state index in [0.29, 0.717) is 0 Å². The zero-order valence-electron chi connectivity index (χ0n) is 8.71. The molecular formula is C10H10F3NOS2. The molecule has 94 valence electrons. The third-order valence-corrected chi connectivity index (χ3v) is 4.87. The molecule has 0 bridgehead atoms. The predicted molar refractivity (Wildman–Crippen MR) is 61.5 cm³/mol. The lowest BCUT2D eigenvalue weighted by atomic mass is 9.99. The third kappa shape index (κ3) is 2.95. The Labute approximate surface area is 105 Å². The summed E-state index contributed by atoms with van der Waals surface area (Å²) < 4.78 is 37.2. The average molecular weight is 281 g/mol. The normalized spacial score (nSPS) is 19.8. The molecule has 1 unspecified atom stereocenters. The van der Waals surface area contributed by atoms with Crippen LogP contribution in [-0.4, -0.2) is 24.4 Å².